The Morgan fingerprint density at radius 2 is 1.36 bits per heavy atom. The monoisotopic (exact) mass is 458 g/mol. The standard InChI is InChI=1S/C22H18O11/c23-10-5-17-11(7-16(28)21(32-17)8-1-12(24)19(29)13(25)2-8)18(6-10)33-22(31)9-3-14(26)20(30)15(27)4-9/h1-6,16,21,23-30H,7H2. The van der Waals surface area contributed by atoms with Gasteiger partial charge in [0.1, 0.15) is 17.2 Å². The Labute approximate surface area is 185 Å². The van der Waals surface area contributed by atoms with E-state index in [0.29, 0.717) is 0 Å². The second-order valence-corrected chi connectivity index (χ2v) is 7.39. The average Bonchev–Trinajstić information content (AvgIpc) is 2.75. The third-order valence-corrected chi connectivity index (χ3v) is 5.10. The van der Waals surface area contributed by atoms with Crippen LogP contribution in [0, 0.1) is 0 Å². The molecule has 1 heterocycles. The van der Waals surface area contributed by atoms with Crippen molar-refractivity contribution in [2.75, 3.05) is 0 Å². The lowest BCUT2D eigenvalue weighted by atomic mass is 9.93. The van der Waals surface area contributed by atoms with Gasteiger partial charge in [-0.3, -0.25) is 0 Å². The number of hydrogen-bond donors (Lipinski definition) is 8. The second-order valence-electron chi connectivity index (χ2n) is 7.39. The molecule has 0 amide bonds. The molecule has 0 saturated heterocycles. The fourth-order valence-corrected chi connectivity index (χ4v) is 3.50. The van der Waals surface area contributed by atoms with Gasteiger partial charge in [-0.15, -0.1) is 0 Å². The predicted molar refractivity (Wildman–Crippen MR) is 109 cm³/mol. The lowest BCUT2D eigenvalue weighted by Crippen LogP contribution is -2.30. The van der Waals surface area contributed by atoms with Crippen LogP contribution >= 0.6 is 0 Å². The lowest BCUT2D eigenvalue weighted by molar-refractivity contribution is 0.0192. The van der Waals surface area contributed by atoms with E-state index in [1.807, 2.05) is 0 Å². The first-order valence-corrected chi connectivity index (χ1v) is 9.47. The van der Waals surface area contributed by atoms with Crippen LogP contribution in [-0.2, 0) is 6.42 Å². The number of esters is 1. The first-order chi connectivity index (χ1) is 15.5. The molecule has 4 rings (SSSR count). The van der Waals surface area contributed by atoms with E-state index in [2.05, 4.69) is 0 Å². The molecule has 0 spiro atoms. The molecule has 1 aliphatic rings. The number of aromatic hydroxyl groups is 7. The molecule has 0 aliphatic carbocycles. The zero-order chi connectivity index (χ0) is 24.0. The summed E-state index contributed by atoms with van der Waals surface area (Å²) in [4.78, 5) is 12.5. The Kier molecular flexibility index (Phi) is 5.18. The summed E-state index contributed by atoms with van der Waals surface area (Å²) in [6.07, 6.45) is -2.48. The van der Waals surface area contributed by atoms with E-state index in [1.165, 1.54) is 6.07 Å². The van der Waals surface area contributed by atoms with Crippen LogP contribution < -0.4 is 9.47 Å². The maximum atomic E-state index is 12.5. The number of carbonyl (C=O) groups is 1. The van der Waals surface area contributed by atoms with Gasteiger partial charge in [0.05, 0.1) is 11.7 Å². The number of fused-ring (bicyclic) bond motifs is 1. The maximum absolute atomic E-state index is 12.5. The molecule has 0 bridgehead atoms. The smallest absolute Gasteiger partial charge is 0.343 e. The zero-order valence-electron chi connectivity index (χ0n) is 16.6. The van der Waals surface area contributed by atoms with Gasteiger partial charge >= 0.3 is 5.97 Å². The summed E-state index contributed by atoms with van der Waals surface area (Å²) < 4.78 is 11.0. The van der Waals surface area contributed by atoms with Crippen molar-refractivity contribution in [3.8, 4) is 51.7 Å². The Balaban J connectivity index is 1.67. The summed E-state index contributed by atoms with van der Waals surface area (Å²) in [7, 11) is 0. The van der Waals surface area contributed by atoms with E-state index in [4.69, 9.17) is 9.47 Å². The van der Waals surface area contributed by atoms with Gasteiger partial charge < -0.3 is 50.3 Å². The van der Waals surface area contributed by atoms with Crippen molar-refractivity contribution in [2.24, 2.45) is 0 Å². The number of carbonyl (C=O) groups excluding carboxylic acids is 1. The molecule has 11 nitrogen and oxygen atoms in total. The van der Waals surface area contributed by atoms with Crippen LogP contribution in [0.25, 0.3) is 0 Å². The minimum Gasteiger partial charge on any atom is -0.508 e. The van der Waals surface area contributed by atoms with Gasteiger partial charge in [-0.2, -0.15) is 0 Å². The molecule has 8 N–H and O–H groups in total. The van der Waals surface area contributed by atoms with Crippen LogP contribution in [0.5, 0.6) is 51.7 Å². The molecular weight excluding hydrogens is 440 g/mol. The molecule has 0 aromatic heterocycles. The lowest BCUT2D eigenvalue weighted by Gasteiger charge is -2.32. The van der Waals surface area contributed by atoms with Crippen molar-refractivity contribution < 1.29 is 55.1 Å². The third-order valence-electron chi connectivity index (χ3n) is 5.10. The van der Waals surface area contributed by atoms with Crippen molar-refractivity contribution in [3.05, 3.63) is 53.1 Å². The zero-order valence-corrected chi connectivity index (χ0v) is 16.6. The number of rotatable bonds is 3. The first kappa shape index (κ1) is 21.7. The van der Waals surface area contributed by atoms with Gasteiger partial charge in [0.2, 0.25) is 0 Å². The summed E-state index contributed by atoms with van der Waals surface area (Å²) in [5, 5.41) is 78.3. The van der Waals surface area contributed by atoms with E-state index >= 15 is 0 Å². The molecule has 0 fully saturated rings. The molecule has 33 heavy (non-hydrogen) atoms. The quantitative estimate of drug-likeness (QED) is 0.162. The fraction of sp³-hybridized carbons (Fsp3) is 0.136. The Bertz CT molecular complexity index is 1220. The minimum absolute atomic E-state index is 0.0385. The van der Waals surface area contributed by atoms with Crippen molar-refractivity contribution in [2.45, 2.75) is 18.6 Å². The molecule has 2 atom stereocenters. The van der Waals surface area contributed by atoms with Crippen LogP contribution in [0.15, 0.2) is 36.4 Å². The van der Waals surface area contributed by atoms with Gasteiger partial charge in [-0.05, 0) is 24.3 Å². The summed E-state index contributed by atoms with van der Waals surface area (Å²) in [6, 6.07) is 6.26. The van der Waals surface area contributed by atoms with Crippen molar-refractivity contribution in [1.29, 1.82) is 0 Å². The second kappa shape index (κ2) is 7.88. The van der Waals surface area contributed by atoms with Gasteiger partial charge in [-0.25, -0.2) is 4.79 Å². The molecular formula is C22H18O11. The molecule has 11 heteroatoms. The molecule has 3 aromatic carbocycles. The SMILES string of the molecule is O=C(Oc1cc(O)cc2c1CC(O)C(c1cc(O)c(O)c(O)c1)O2)c1cc(O)c(O)c(O)c1. The highest BCUT2D eigenvalue weighted by atomic mass is 16.5. The Morgan fingerprint density at radius 3 is 1.94 bits per heavy atom. The van der Waals surface area contributed by atoms with Crippen LogP contribution in [0.2, 0.25) is 0 Å². The Morgan fingerprint density at radius 1 is 0.818 bits per heavy atom. The summed E-state index contributed by atoms with van der Waals surface area (Å²) in [6.45, 7) is 0. The molecule has 1 aliphatic heterocycles. The largest absolute Gasteiger partial charge is 0.508 e. The number of phenols is 7. The van der Waals surface area contributed by atoms with E-state index in [1.54, 1.807) is 0 Å². The summed E-state index contributed by atoms with van der Waals surface area (Å²) in [5.41, 5.74) is 0.0484. The predicted octanol–water partition coefficient (Wildman–Crippen LogP) is 1.88. The average molecular weight is 458 g/mol. The number of aliphatic hydroxyl groups is 1. The highest BCUT2D eigenvalue weighted by molar-refractivity contribution is 5.93. The minimum atomic E-state index is -1.25. The molecule has 172 valence electrons. The Hall–Kier alpha value is -4.51. The van der Waals surface area contributed by atoms with Crippen molar-refractivity contribution >= 4 is 5.97 Å². The maximum Gasteiger partial charge on any atom is 0.343 e. The highest BCUT2D eigenvalue weighted by Gasteiger charge is 2.34. The van der Waals surface area contributed by atoms with Crippen LogP contribution in [0.3, 0.4) is 0 Å². The van der Waals surface area contributed by atoms with E-state index < -0.39 is 52.7 Å². The van der Waals surface area contributed by atoms with Gasteiger partial charge in [-0.1, -0.05) is 0 Å². The number of benzene rings is 3. The van der Waals surface area contributed by atoms with E-state index in [0.717, 1.165) is 30.3 Å². The molecule has 0 radical (unpaired) electrons. The van der Waals surface area contributed by atoms with Crippen LogP contribution in [-0.4, -0.2) is 52.9 Å². The number of aliphatic hydroxyl groups excluding tert-OH is 1. The summed E-state index contributed by atoms with van der Waals surface area (Å²) >= 11 is 0. The van der Waals surface area contributed by atoms with Crippen LogP contribution in [0.4, 0.5) is 0 Å². The van der Waals surface area contributed by atoms with Gasteiger partial charge in [0, 0.05) is 29.7 Å². The number of phenolic OH excluding ortho intramolecular Hbond substituents is 7. The summed E-state index contributed by atoms with van der Waals surface area (Å²) in [5.74, 6) is -5.82. The fourth-order valence-electron chi connectivity index (χ4n) is 3.50. The third kappa shape index (κ3) is 3.92. The van der Waals surface area contributed by atoms with Gasteiger partial charge in [0.15, 0.2) is 40.6 Å². The van der Waals surface area contributed by atoms with E-state index in [9.17, 15) is 45.6 Å². The number of ether oxygens (including phenoxy) is 2. The van der Waals surface area contributed by atoms with E-state index in [-0.39, 0.29) is 40.4 Å². The van der Waals surface area contributed by atoms with Gasteiger partial charge in [0.25, 0.3) is 0 Å². The highest BCUT2D eigenvalue weighted by Crippen LogP contribution is 2.45. The van der Waals surface area contributed by atoms with Crippen LogP contribution in [0.1, 0.15) is 27.6 Å². The normalized spacial score (nSPS) is 17.1. The molecule has 2 unspecified atom stereocenters. The number of hydrogen-bond acceptors (Lipinski definition) is 11. The van der Waals surface area contributed by atoms with Crippen molar-refractivity contribution in [3.63, 3.8) is 0 Å². The molecule has 3 aromatic rings. The van der Waals surface area contributed by atoms with Crippen molar-refractivity contribution in [1.82, 2.24) is 0 Å². The first-order valence-electron chi connectivity index (χ1n) is 9.47. The molecule has 0 saturated carbocycles. The topological polar surface area (TPSA) is 197 Å².